The molecule has 1 aromatic heterocycles. The number of carbonyl (C=O) groups excluding carboxylic acids is 1. The Morgan fingerprint density at radius 3 is 3.11 bits per heavy atom. The second-order valence-electron chi connectivity index (χ2n) is 4.77. The molecule has 2 heterocycles. The SMILES string of the molecule is O=C(c1ccc2[nH]c(=O)oc2c1)N1CCCC(O)C1. The van der Waals surface area contributed by atoms with E-state index in [1.54, 1.807) is 23.1 Å². The first kappa shape index (κ1) is 12.0. The number of likely N-dealkylation sites (tertiary alicyclic amines) is 1. The van der Waals surface area contributed by atoms with Crippen molar-refractivity contribution in [1.82, 2.24) is 9.88 Å². The average Bonchev–Trinajstić information content (AvgIpc) is 2.76. The third-order valence-electron chi connectivity index (χ3n) is 3.35. The number of H-pyrrole nitrogens is 1. The molecule has 1 aliphatic rings. The maximum absolute atomic E-state index is 12.3. The Morgan fingerprint density at radius 2 is 2.32 bits per heavy atom. The summed E-state index contributed by atoms with van der Waals surface area (Å²) in [4.78, 5) is 27.5. The van der Waals surface area contributed by atoms with Crippen LogP contribution >= 0.6 is 0 Å². The zero-order valence-corrected chi connectivity index (χ0v) is 10.3. The van der Waals surface area contributed by atoms with E-state index in [-0.39, 0.29) is 5.91 Å². The number of amides is 1. The largest absolute Gasteiger partial charge is 0.417 e. The summed E-state index contributed by atoms with van der Waals surface area (Å²) in [5, 5.41) is 9.59. The molecule has 1 atom stereocenters. The lowest BCUT2D eigenvalue weighted by molar-refractivity contribution is 0.0474. The van der Waals surface area contributed by atoms with Gasteiger partial charge in [0.25, 0.3) is 5.91 Å². The summed E-state index contributed by atoms with van der Waals surface area (Å²) >= 11 is 0. The van der Waals surface area contributed by atoms with Crippen LogP contribution in [0.15, 0.2) is 27.4 Å². The highest BCUT2D eigenvalue weighted by molar-refractivity contribution is 5.97. The number of hydrogen-bond acceptors (Lipinski definition) is 4. The topological polar surface area (TPSA) is 86.5 Å². The van der Waals surface area contributed by atoms with E-state index >= 15 is 0 Å². The minimum atomic E-state index is -0.534. The van der Waals surface area contributed by atoms with Crippen LogP contribution in [-0.4, -0.2) is 40.1 Å². The van der Waals surface area contributed by atoms with Gasteiger partial charge in [0, 0.05) is 18.7 Å². The van der Waals surface area contributed by atoms with Gasteiger partial charge < -0.3 is 14.4 Å². The maximum atomic E-state index is 12.3. The smallest absolute Gasteiger partial charge is 0.408 e. The predicted molar refractivity (Wildman–Crippen MR) is 68.0 cm³/mol. The van der Waals surface area contributed by atoms with Crippen molar-refractivity contribution in [2.75, 3.05) is 13.1 Å². The van der Waals surface area contributed by atoms with E-state index in [9.17, 15) is 14.7 Å². The quantitative estimate of drug-likeness (QED) is 0.792. The first-order valence-electron chi connectivity index (χ1n) is 6.24. The molecule has 3 rings (SSSR count). The number of nitrogens with zero attached hydrogens (tertiary/aromatic N) is 1. The fourth-order valence-corrected chi connectivity index (χ4v) is 2.40. The normalized spacial score (nSPS) is 19.8. The third kappa shape index (κ3) is 2.26. The monoisotopic (exact) mass is 262 g/mol. The van der Waals surface area contributed by atoms with Crippen LogP contribution in [0.25, 0.3) is 11.1 Å². The van der Waals surface area contributed by atoms with Gasteiger partial charge in [-0.1, -0.05) is 0 Å². The summed E-state index contributed by atoms with van der Waals surface area (Å²) < 4.78 is 4.94. The van der Waals surface area contributed by atoms with Gasteiger partial charge in [-0.15, -0.1) is 0 Å². The highest BCUT2D eigenvalue weighted by atomic mass is 16.4. The Balaban J connectivity index is 1.90. The number of oxazole rings is 1. The molecule has 0 aliphatic carbocycles. The number of piperidine rings is 1. The van der Waals surface area contributed by atoms with Crippen LogP contribution < -0.4 is 5.76 Å². The Hall–Kier alpha value is -2.08. The summed E-state index contributed by atoms with van der Waals surface area (Å²) in [6.45, 7) is 0.999. The van der Waals surface area contributed by atoms with Crippen LogP contribution in [0.4, 0.5) is 0 Å². The summed E-state index contributed by atoms with van der Waals surface area (Å²) in [6, 6.07) is 4.85. The number of aromatic amines is 1. The molecule has 6 heteroatoms. The van der Waals surface area contributed by atoms with Crippen molar-refractivity contribution in [2.45, 2.75) is 18.9 Å². The fraction of sp³-hybridized carbons (Fsp3) is 0.385. The van der Waals surface area contributed by atoms with E-state index in [1.807, 2.05) is 0 Å². The van der Waals surface area contributed by atoms with Crippen molar-refractivity contribution in [3.05, 3.63) is 34.3 Å². The molecular formula is C13H14N2O4. The number of aliphatic hydroxyl groups excluding tert-OH is 1. The van der Waals surface area contributed by atoms with Crippen molar-refractivity contribution >= 4 is 17.0 Å². The number of aromatic nitrogens is 1. The average molecular weight is 262 g/mol. The van der Waals surface area contributed by atoms with Crippen molar-refractivity contribution in [3.63, 3.8) is 0 Å². The molecule has 1 fully saturated rings. The molecule has 1 aromatic carbocycles. The van der Waals surface area contributed by atoms with E-state index in [0.717, 1.165) is 12.8 Å². The maximum Gasteiger partial charge on any atom is 0.417 e. The lowest BCUT2D eigenvalue weighted by atomic mass is 10.1. The highest BCUT2D eigenvalue weighted by Crippen LogP contribution is 2.17. The Kier molecular flexibility index (Phi) is 2.87. The number of β-amino-alcohol motifs (C(OH)–C–C–N with tert-alkyl or cyclic N) is 1. The summed E-state index contributed by atoms with van der Waals surface area (Å²) in [7, 11) is 0. The highest BCUT2D eigenvalue weighted by Gasteiger charge is 2.23. The molecule has 19 heavy (non-hydrogen) atoms. The van der Waals surface area contributed by atoms with E-state index in [1.165, 1.54) is 0 Å². The Bertz CT molecular complexity index is 673. The molecule has 0 bridgehead atoms. The molecule has 1 unspecified atom stereocenters. The number of benzene rings is 1. The molecule has 1 saturated heterocycles. The molecule has 0 radical (unpaired) electrons. The molecule has 0 saturated carbocycles. The van der Waals surface area contributed by atoms with Crippen molar-refractivity contribution in [1.29, 1.82) is 0 Å². The lowest BCUT2D eigenvalue weighted by Crippen LogP contribution is -2.42. The van der Waals surface area contributed by atoms with Gasteiger partial charge in [0.2, 0.25) is 0 Å². The van der Waals surface area contributed by atoms with Crippen molar-refractivity contribution in [2.24, 2.45) is 0 Å². The number of fused-ring (bicyclic) bond motifs is 1. The van der Waals surface area contributed by atoms with Crippen molar-refractivity contribution in [3.8, 4) is 0 Å². The molecule has 0 spiro atoms. The van der Waals surface area contributed by atoms with Gasteiger partial charge in [-0.25, -0.2) is 4.79 Å². The summed E-state index contributed by atoms with van der Waals surface area (Å²) in [5.74, 6) is -0.683. The molecule has 100 valence electrons. The summed E-state index contributed by atoms with van der Waals surface area (Å²) in [5.41, 5.74) is 1.40. The van der Waals surface area contributed by atoms with Gasteiger partial charge in [0.15, 0.2) is 5.58 Å². The predicted octanol–water partition coefficient (Wildman–Crippen LogP) is 0.718. The first-order chi connectivity index (χ1) is 9.13. The van der Waals surface area contributed by atoms with Crippen LogP contribution in [0, 0.1) is 0 Å². The number of aliphatic hydroxyl groups is 1. The molecular weight excluding hydrogens is 248 g/mol. The molecule has 2 aromatic rings. The van der Waals surface area contributed by atoms with Crippen LogP contribution in [0.5, 0.6) is 0 Å². The minimum Gasteiger partial charge on any atom is -0.408 e. The van der Waals surface area contributed by atoms with Crippen LogP contribution in [0.3, 0.4) is 0 Å². The van der Waals surface area contributed by atoms with Gasteiger partial charge >= 0.3 is 5.76 Å². The van der Waals surface area contributed by atoms with Gasteiger partial charge in [0.05, 0.1) is 11.6 Å². The molecule has 1 aliphatic heterocycles. The van der Waals surface area contributed by atoms with E-state index in [0.29, 0.717) is 29.8 Å². The Labute approximate surface area is 108 Å². The molecule has 2 N–H and O–H groups in total. The summed E-state index contributed by atoms with van der Waals surface area (Å²) in [6.07, 6.45) is 1.08. The zero-order chi connectivity index (χ0) is 13.4. The van der Waals surface area contributed by atoms with Crippen LogP contribution in [0.1, 0.15) is 23.2 Å². The second-order valence-corrected chi connectivity index (χ2v) is 4.77. The van der Waals surface area contributed by atoms with Gasteiger partial charge in [-0.05, 0) is 31.0 Å². The standard InChI is InChI=1S/C13H14N2O4/c16-9-2-1-5-15(7-9)12(17)8-3-4-10-11(6-8)19-13(18)14-10/h3-4,6,9,16H,1-2,5,7H2,(H,14,18). The van der Waals surface area contributed by atoms with Gasteiger partial charge in [-0.3, -0.25) is 9.78 Å². The number of rotatable bonds is 1. The van der Waals surface area contributed by atoms with Gasteiger partial charge in [-0.2, -0.15) is 0 Å². The third-order valence-corrected chi connectivity index (χ3v) is 3.35. The second kappa shape index (κ2) is 4.55. The van der Waals surface area contributed by atoms with Crippen LogP contribution in [0.2, 0.25) is 0 Å². The number of carbonyl (C=O) groups is 1. The van der Waals surface area contributed by atoms with E-state index in [2.05, 4.69) is 4.98 Å². The van der Waals surface area contributed by atoms with Gasteiger partial charge in [0.1, 0.15) is 0 Å². The van der Waals surface area contributed by atoms with E-state index in [4.69, 9.17) is 4.42 Å². The van der Waals surface area contributed by atoms with Crippen LogP contribution in [-0.2, 0) is 0 Å². The zero-order valence-electron chi connectivity index (χ0n) is 10.3. The molecule has 6 nitrogen and oxygen atoms in total. The fourth-order valence-electron chi connectivity index (χ4n) is 2.40. The number of nitrogens with one attached hydrogen (secondary N) is 1. The van der Waals surface area contributed by atoms with E-state index < -0.39 is 11.9 Å². The van der Waals surface area contributed by atoms with Crippen molar-refractivity contribution < 1.29 is 14.3 Å². The minimum absolute atomic E-state index is 0.149. The Morgan fingerprint density at radius 1 is 1.47 bits per heavy atom. The lowest BCUT2D eigenvalue weighted by Gasteiger charge is -2.30. The number of hydrogen-bond donors (Lipinski definition) is 2. The molecule has 1 amide bonds. The first-order valence-corrected chi connectivity index (χ1v) is 6.24.